The molecule has 1 saturated heterocycles. The SMILES string of the molecule is C=C(C)[C@@H]1CCC(C)=C[C@H]1c1c(O)cc(C2(CCCCCC)SCCCS2)cc1O. The quantitative estimate of drug-likeness (QED) is 0.312. The van der Waals surface area contributed by atoms with Crippen LogP contribution in [0.5, 0.6) is 11.5 Å². The largest absolute Gasteiger partial charge is 0.507 e. The van der Waals surface area contributed by atoms with E-state index in [2.05, 4.69) is 33.4 Å². The number of hydrogen-bond acceptors (Lipinski definition) is 4. The summed E-state index contributed by atoms with van der Waals surface area (Å²) in [6.07, 6.45) is 11.6. The van der Waals surface area contributed by atoms with Crippen LogP contribution in [0.25, 0.3) is 0 Å². The Morgan fingerprint density at radius 3 is 2.40 bits per heavy atom. The molecular formula is C26H38O2S2. The molecule has 0 unspecified atom stereocenters. The second-order valence-corrected chi connectivity index (χ2v) is 12.1. The fourth-order valence-electron chi connectivity index (χ4n) is 4.91. The fraction of sp³-hybridized carbons (Fsp3) is 0.615. The van der Waals surface area contributed by atoms with Gasteiger partial charge in [0.25, 0.3) is 0 Å². The maximum atomic E-state index is 11.1. The van der Waals surface area contributed by atoms with Crippen molar-refractivity contribution in [2.24, 2.45) is 5.92 Å². The number of allylic oxidation sites excluding steroid dienone is 3. The Labute approximate surface area is 191 Å². The maximum absolute atomic E-state index is 11.1. The Bertz CT molecular complexity index is 754. The van der Waals surface area contributed by atoms with Gasteiger partial charge in [0.2, 0.25) is 0 Å². The third-order valence-corrected chi connectivity index (χ3v) is 10.1. The van der Waals surface area contributed by atoms with Crippen LogP contribution in [0.3, 0.4) is 0 Å². The van der Waals surface area contributed by atoms with Gasteiger partial charge in [0, 0.05) is 11.5 Å². The topological polar surface area (TPSA) is 40.5 Å². The number of aromatic hydroxyl groups is 2. The average molecular weight is 447 g/mol. The van der Waals surface area contributed by atoms with Crippen LogP contribution in [0.1, 0.15) is 89.2 Å². The highest BCUT2D eigenvalue weighted by molar-refractivity contribution is 8.18. The summed E-state index contributed by atoms with van der Waals surface area (Å²) in [7, 11) is 0. The fourth-order valence-corrected chi connectivity index (χ4v) is 8.30. The minimum atomic E-state index is -0.0500. The maximum Gasteiger partial charge on any atom is 0.123 e. The van der Waals surface area contributed by atoms with Crippen molar-refractivity contribution in [3.05, 3.63) is 47.1 Å². The van der Waals surface area contributed by atoms with E-state index in [1.54, 1.807) is 0 Å². The van der Waals surface area contributed by atoms with E-state index >= 15 is 0 Å². The molecule has 1 fully saturated rings. The van der Waals surface area contributed by atoms with E-state index in [0.29, 0.717) is 5.56 Å². The normalized spacial score (nSPS) is 23.8. The molecule has 1 aromatic rings. The van der Waals surface area contributed by atoms with E-state index in [0.717, 1.165) is 41.9 Å². The lowest BCUT2D eigenvalue weighted by atomic mass is 9.73. The second-order valence-electron chi connectivity index (χ2n) is 9.07. The van der Waals surface area contributed by atoms with Crippen molar-refractivity contribution in [3.63, 3.8) is 0 Å². The van der Waals surface area contributed by atoms with Gasteiger partial charge < -0.3 is 10.2 Å². The van der Waals surface area contributed by atoms with Gasteiger partial charge >= 0.3 is 0 Å². The predicted molar refractivity (Wildman–Crippen MR) is 134 cm³/mol. The van der Waals surface area contributed by atoms with Crippen molar-refractivity contribution in [2.45, 2.75) is 82.1 Å². The summed E-state index contributed by atoms with van der Waals surface area (Å²) in [5.41, 5.74) is 4.21. The van der Waals surface area contributed by atoms with E-state index in [9.17, 15) is 10.2 Å². The summed E-state index contributed by atoms with van der Waals surface area (Å²) in [5.74, 6) is 3.03. The number of unbranched alkanes of at least 4 members (excludes halogenated alkanes) is 3. The zero-order valence-electron chi connectivity index (χ0n) is 18.9. The lowest BCUT2D eigenvalue weighted by Crippen LogP contribution is -2.23. The van der Waals surface area contributed by atoms with E-state index in [1.165, 1.54) is 37.7 Å². The minimum absolute atomic E-state index is 0.00235. The molecule has 0 bridgehead atoms. The first-order chi connectivity index (χ1) is 14.4. The summed E-state index contributed by atoms with van der Waals surface area (Å²) >= 11 is 4.00. The Kier molecular flexibility index (Phi) is 8.31. The first-order valence-corrected chi connectivity index (χ1v) is 13.5. The minimum Gasteiger partial charge on any atom is -0.507 e. The summed E-state index contributed by atoms with van der Waals surface area (Å²) in [5, 5.41) is 22.3. The third-order valence-electron chi connectivity index (χ3n) is 6.61. The smallest absolute Gasteiger partial charge is 0.123 e. The van der Waals surface area contributed by atoms with Gasteiger partial charge in [0.15, 0.2) is 0 Å². The molecule has 166 valence electrons. The van der Waals surface area contributed by atoms with Crippen molar-refractivity contribution in [2.75, 3.05) is 11.5 Å². The molecule has 0 aromatic heterocycles. The molecule has 2 N–H and O–H groups in total. The molecule has 1 heterocycles. The Morgan fingerprint density at radius 2 is 1.80 bits per heavy atom. The number of rotatable bonds is 8. The van der Waals surface area contributed by atoms with Crippen molar-refractivity contribution in [3.8, 4) is 11.5 Å². The molecule has 0 spiro atoms. The number of hydrogen-bond donors (Lipinski definition) is 2. The van der Waals surface area contributed by atoms with E-state index in [4.69, 9.17) is 0 Å². The van der Waals surface area contributed by atoms with Crippen molar-refractivity contribution < 1.29 is 10.2 Å². The highest BCUT2D eigenvalue weighted by atomic mass is 32.2. The molecule has 3 rings (SSSR count). The van der Waals surface area contributed by atoms with Gasteiger partial charge in [-0.1, -0.05) is 56.4 Å². The van der Waals surface area contributed by atoms with Crippen LogP contribution in [0.4, 0.5) is 0 Å². The number of phenolic OH excluding ortho intramolecular Hbond substituents is 2. The van der Waals surface area contributed by atoms with Crippen LogP contribution >= 0.6 is 23.5 Å². The van der Waals surface area contributed by atoms with E-state index in [-0.39, 0.29) is 27.4 Å². The van der Waals surface area contributed by atoms with E-state index < -0.39 is 0 Å². The predicted octanol–water partition coefficient (Wildman–Crippen LogP) is 8.11. The van der Waals surface area contributed by atoms with Crippen molar-refractivity contribution >= 4 is 23.5 Å². The first-order valence-electron chi connectivity index (χ1n) is 11.5. The standard InChI is InChI=1S/C26H38O2S2/c1-5-6-7-8-12-26(29-13-9-14-30-26)20-16-23(27)25(24(28)17-20)22-15-19(4)10-11-21(22)18(2)3/h15-17,21-22,27-28H,2,5-14H2,1,3-4H3/t21-,22+/m0/s1. The van der Waals surface area contributed by atoms with Gasteiger partial charge in [0.1, 0.15) is 11.5 Å². The van der Waals surface area contributed by atoms with Crippen molar-refractivity contribution in [1.82, 2.24) is 0 Å². The van der Waals surface area contributed by atoms with Gasteiger partial charge in [-0.05, 0) is 74.7 Å². The highest BCUT2D eigenvalue weighted by Gasteiger charge is 2.37. The van der Waals surface area contributed by atoms with Gasteiger partial charge in [0.05, 0.1) is 4.08 Å². The summed E-state index contributed by atoms with van der Waals surface area (Å²) in [6.45, 7) is 10.6. The molecule has 0 amide bonds. The Balaban J connectivity index is 1.95. The molecule has 1 aliphatic carbocycles. The zero-order valence-corrected chi connectivity index (χ0v) is 20.5. The third kappa shape index (κ3) is 5.24. The van der Waals surface area contributed by atoms with Crippen LogP contribution in [-0.2, 0) is 4.08 Å². The molecule has 0 radical (unpaired) electrons. The molecule has 1 aliphatic heterocycles. The Hall–Kier alpha value is -1.000. The summed E-state index contributed by atoms with van der Waals surface area (Å²) in [4.78, 5) is 0. The van der Waals surface area contributed by atoms with Crippen LogP contribution in [0, 0.1) is 5.92 Å². The second kappa shape index (κ2) is 10.5. The molecule has 2 aliphatic rings. The van der Waals surface area contributed by atoms with E-state index in [1.807, 2.05) is 35.7 Å². The lowest BCUT2D eigenvalue weighted by Gasteiger charge is -2.38. The first kappa shape index (κ1) is 23.7. The van der Waals surface area contributed by atoms with Gasteiger partial charge in [-0.2, -0.15) is 0 Å². The van der Waals surface area contributed by atoms with Crippen LogP contribution < -0.4 is 0 Å². The molecule has 0 saturated carbocycles. The van der Waals surface area contributed by atoms with Crippen LogP contribution in [0.15, 0.2) is 35.9 Å². The molecular weight excluding hydrogens is 408 g/mol. The average Bonchev–Trinajstić information content (AvgIpc) is 2.71. The van der Waals surface area contributed by atoms with Crippen LogP contribution in [-0.4, -0.2) is 21.7 Å². The summed E-state index contributed by atoms with van der Waals surface area (Å²) in [6, 6.07) is 3.90. The zero-order chi connectivity index (χ0) is 21.7. The van der Waals surface area contributed by atoms with Crippen LogP contribution in [0.2, 0.25) is 0 Å². The molecule has 2 atom stereocenters. The van der Waals surface area contributed by atoms with Gasteiger partial charge in [-0.3, -0.25) is 0 Å². The molecule has 1 aromatic carbocycles. The number of thioether (sulfide) groups is 2. The molecule has 4 heteroatoms. The Morgan fingerprint density at radius 1 is 1.13 bits per heavy atom. The summed E-state index contributed by atoms with van der Waals surface area (Å²) < 4.78 is -0.0500. The van der Waals surface area contributed by atoms with Gasteiger partial charge in [-0.15, -0.1) is 23.5 Å². The highest BCUT2D eigenvalue weighted by Crippen LogP contribution is 2.56. The number of phenols is 2. The van der Waals surface area contributed by atoms with Gasteiger partial charge in [-0.25, -0.2) is 0 Å². The molecule has 2 nitrogen and oxygen atoms in total. The number of benzene rings is 1. The molecule has 30 heavy (non-hydrogen) atoms. The van der Waals surface area contributed by atoms with Crippen molar-refractivity contribution in [1.29, 1.82) is 0 Å². The monoisotopic (exact) mass is 446 g/mol. The lowest BCUT2D eigenvalue weighted by molar-refractivity contribution is 0.405.